The van der Waals surface area contributed by atoms with Gasteiger partial charge in [0.25, 0.3) is 0 Å². The molecule has 1 heterocycles. The molecule has 0 aliphatic carbocycles. The first kappa shape index (κ1) is 16.6. The summed E-state index contributed by atoms with van der Waals surface area (Å²) in [4.78, 5) is 11.5. The summed E-state index contributed by atoms with van der Waals surface area (Å²) in [6.07, 6.45) is 3.11. The van der Waals surface area contributed by atoms with E-state index in [1.54, 1.807) is 16.8 Å². The molecule has 126 valence electrons. The molecule has 0 radical (unpaired) electrons. The number of nitrogens with zero attached hydrogens (tertiary/aromatic N) is 2. The highest BCUT2D eigenvalue weighted by Gasteiger charge is 2.11. The van der Waals surface area contributed by atoms with Crippen molar-refractivity contribution in [2.45, 2.75) is 6.54 Å². The van der Waals surface area contributed by atoms with Gasteiger partial charge in [-0.3, -0.25) is 9.48 Å². The predicted molar refractivity (Wildman–Crippen MR) is 96.1 cm³/mol. The van der Waals surface area contributed by atoms with Crippen molar-refractivity contribution in [2.75, 3.05) is 0 Å². The zero-order valence-corrected chi connectivity index (χ0v) is 13.9. The van der Waals surface area contributed by atoms with E-state index < -0.39 is 0 Å². The third kappa shape index (κ3) is 3.83. The van der Waals surface area contributed by atoms with Crippen molar-refractivity contribution < 1.29 is 9.18 Å². The van der Waals surface area contributed by atoms with Crippen molar-refractivity contribution in [2.24, 2.45) is 7.05 Å². The van der Waals surface area contributed by atoms with Gasteiger partial charge in [-0.05, 0) is 47.0 Å². The van der Waals surface area contributed by atoms with Gasteiger partial charge >= 0.3 is 0 Å². The molecule has 1 amide bonds. The number of aromatic nitrogens is 2. The van der Waals surface area contributed by atoms with E-state index in [1.165, 1.54) is 18.2 Å². The third-order valence-corrected chi connectivity index (χ3v) is 3.92. The van der Waals surface area contributed by atoms with E-state index in [0.717, 1.165) is 27.9 Å². The topological polar surface area (TPSA) is 46.9 Å². The van der Waals surface area contributed by atoms with Crippen LogP contribution in [0.3, 0.4) is 0 Å². The van der Waals surface area contributed by atoms with Gasteiger partial charge in [-0.1, -0.05) is 30.8 Å². The molecule has 1 aromatic heterocycles. The van der Waals surface area contributed by atoms with Gasteiger partial charge in [0, 0.05) is 25.4 Å². The minimum Gasteiger partial charge on any atom is -0.348 e. The molecule has 0 saturated heterocycles. The Labute approximate surface area is 145 Å². The second-order valence-electron chi connectivity index (χ2n) is 5.68. The Morgan fingerprint density at radius 2 is 1.92 bits per heavy atom. The lowest BCUT2D eigenvalue weighted by Crippen LogP contribution is -2.20. The number of benzene rings is 2. The molecule has 4 nitrogen and oxygen atoms in total. The van der Waals surface area contributed by atoms with Crippen molar-refractivity contribution in [1.29, 1.82) is 0 Å². The molecule has 3 aromatic rings. The van der Waals surface area contributed by atoms with Crippen molar-refractivity contribution in [3.05, 3.63) is 78.8 Å². The molecule has 3 rings (SSSR count). The molecule has 0 saturated carbocycles. The molecule has 0 bridgehead atoms. The molecule has 0 fully saturated rings. The summed E-state index contributed by atoms with van der Waals surface area (Å²) in [5.41, 5.74) is 4.56. The van der Waals surface area contributed by atoms with Crippen LogP contribution < -0.4 is 5.32 Å². The molecule has 2 aromatic carbocycles. The highest BCUT2D eigenvalue weighted by Crippen LogP contribution is 2.29. The molecule has 0 spiro atoms. The van der Waals surface area contributed by atoms with Crippen LogP contribution in [0.2, 0.25) is 0 Å². The first-order chi connectivity index (χ1) is 12.1. The quantitative estimate of drug-likeness (QED) is 0.723. The molecule has 25 heavy (non-hydrogen) atoms. The summed E-state index contributed by atoms with van der Waals surface area (Å²) in [5, 5.41) is 7.25. The van der Waals surface area contributed by atoms with E-state index in [4.69, 9.17) is 0 Å². The Bertz CT molecular complexity index is 913. The van der Waals surface area contributed by atoms with Gasteiger partial charge in [-0.25, -0.2) is 4.39 Å². The average molecular weight is 335 g/mol. The lowest BCUT2D eigenvalue weighted by atomic mass is 9.97. The predicted octanol–water partition coefficient (Wildman–Crippen LogP) is 3.70. The van der Waals surface area contributed by atoms with Crippen LogP contribution in [0.4, 0.5) is 4.39 Å². The van der Waals surface area contributed by atoms with E-state index in [1.807, 2.05) is 37.5 Å². The fraction of sp³-hybridized carbons (Fsp3) is 0.100. The normalized spacial score (nSPS) is 10.5. The largest absolute Gasteiger partial charge is 0.348 e. The second kappa shape index (κ2) is 7.13. The first-order valence-electron chi connectivity index (χ1n) is 7.86. The van der Waals surface area contributed by atoms with Gasteiger partial charge in [0.2, 0.25) is 5.91 Å². The number of carbonyl (C=O) groups is 1. The van der Waals surface area contributed by atoms with Crippen LogP contribution in [0, 0.1) is 5.82 Å². The number of aryl methyl sites for hydroxylation is 1. The summed E-state index contributed by atoms with van der Waals surface area (Å²) >= 11 is 0. The standard InChI is InChI=1S/C20H18FN3O/c1-3-20(25)22-13-16-5-4-15(14-6-8-17(21)9-7-14)12-18(16)19-10-11-24(2)23-19/h3-12H,1,13H2,2H3,(H,22,25). The van der Waals surface area contributed by atoms with Gasteiger partial charge in [0.05, 0.1) is 5.69 Å². The summed E-state index contributed by atoms with van der Waals surface area (Å²) in [5.74, 6) is -0.493. The maximum absolute atomic E-state index is 13.2. The number of halogens is 1. The van der Waals surface area contributed by atoms with Gasteiger partial charge in [0.15, 0.2) is 0 Å². The van der Waals surface area contributed by atoms with Gasteiger partial charge in [-0.15, -0.1) is 0 Å². The summed E-state index contributed by atoms with van der Waals surface area (Å²) in [6, 6.07) is 14.2. The number of rotatable bonds is 5. The van der Waals surface area contributed by atoms with E-state index in [9.17, 15) is 9.18 Å². The lowest BCUT2D eigenvalue weighted by Gasteiger charge is -2.11. The van der Waals surface area contributed by atoms with E-state index in [0.29, 0.717) is 6.54 Å². The minimum absolute atomic E-state index is 0.227. The molecular formula is C20H18FN3O. The van der Waals surface area contributed by atoms with E-state index >= 15 is 0 Å². The number of hydrogen-bond donors (Lipinski definition) is 1. The molecule has 5 heteroatoms. The SMILES string of the molecule is C=CC(=O)NCc1ccc(-c2ccc(F)cc2)cc1-c1ccn(C)n1. The van der Waals surface area contributed by atoms with Gasteiger partial charge in [-0.2, -0.15) is 5.10 Å². The van der Waals surface area contributed by atoms with E-state index in [2.05, 4.69) is 17.0 Å². The first-order valence-corrected chi connectivity index (χ1v) is 7.86. The average Bonchev–Trinajstić information content (AvgIpc) is 3.06. The van der Waals surface area contributed by atoms with Crippen molar-refractivity contribution in [3.63, 3.8) is 0 Å². The van der Waals surface area contributed by atoms with Crippen LogP contribution in [0.5, 0.6) is 0 Å². The van der Waals surface area contributed by atoms with Crippen molar-refractivity contribution >= 4 is 5.91 Å². The fourth-order valence-corrected chi connectivity index (χ4v) is 2.60. The minimum atomic E-state index is -0.266. The molecular weight excluding hydrogens is 317 g/mol. The number of carbonyl (C=O) groups excluding carboxylic acids is 1. The van der Waals surface area contributed by atoms with Crippen molar-refractivity contribution in [1.82, 2.24) is 15.1 Å². The lowest BCUT2D eigenvalue weighted by molar-refractivity contribution is -0.116. The van der Waals surface area contributed by atoms with Crippen LogP contribution in [0.15, 0.2) is 67.4 Å². The smallest absolute Gasteiger partial charge is 0.243 e. The second-order valence-corrected chi connectivity index (χ2v) is 5.68. The molecule has 0 atom stereocenters. The fourth-order valence-electron chi connectivity index (χ4n) is 2.60. The molecule has 0 aliphatic heterocycles. The maximum atomic E-state index is 13.2. The van der Waals surface area contributed by atoms with Crippen molar-refractivity contribution in [3.8, 4) is 22.4 Å². The molecule has 0 aliphatic rings. The Kier molecular flexibility index (Phi) is 4.75. The number of hydrogen-bond acceptors (Lipinski definition) is 2. The Morgan fingerprint density at radius 3 is 2.56 bits per heavy atom. The molecule has 1 N–H and O–H groups in total. The summed E-state index contributed by atoms with van der Waals surface area (Å²) in [6.45, 7) is 3.83. The van der Waals surface area contributed by atoms with Crippen LogP contribution in [0.1, 0.15) is 5.56 Å². The maximum Gasteiger partial charge on any atom is 0.243 e. The number of nitrogens with one attached hydrogen (secondary N) is 1. The summed E-state index contributed by atoms with van der Waals surface area (Å²) < 4.78 is 14.9. The van der Waals surface area contributed by atoms with Crippen LogP contribution in [-0.2, 0) is 18.4 Å². The highest BCUT2D eigenvalue weighted by atomic mass is 19.1. The van der Waals surface area contributed by atoms with E-state index in [-0.39, 0.29) is 11.7 Å². The van der Waals surface area contributed by atoms with Crippen LogP contribution in [-0.4, -0.2) is 15.7 Å². The number of amides is 1. The Balaban J connectivity index is 2.02. The highest BCUT2D eigenvalue weighted by molar-refractivity contribution is 5.87. The van der Waals surface area contributed by atoms with Gasteiger partial charge < -0.3 is 5.32 Å². The Morgan fingerprint density at radius 1 is 1.20 bits per heavy atom. The zero-order chi connectivity index (χ0) is 17.8. The Hall–Kier alpha value is -3.21. The monoisotopic (exact) mass is 335 g/mol. The van der Waals surface area contributed by atoms with Gasteiger partial charge in [0.1, 0.15) is 5.82 Å². The zero-order valence-electron chi connectivity index (χ0n) is 13.9. The molecule has 0 unspecified atom stereocenters. The third-order valence-electron chi connectivity index (χ3n) is 3.92. The van der Waals surface area contributed by atoms with Crippen LogP contribution in [0.25, 0.3) is 22.4 Å². The van der Waals surface area contributed by atoms with Crippen LogP contribution >= 0.6 is 0 Å². The summed E-state index contributed by atoms with van der Waals surface area (Å²) in [7, 11) is 1.85.